The van der Waals surface area contributed by atoms with Gasteiger partial charge < -0.3 is 0 Å². The molecule has 1 aliphatic carbocycles. The third-order valence-electron chi connectivity index (χ3n) is 14.1. The molecule has 0 nitrogen and oxygen atoms in total. The Kier molecular flexibility index (Phi) is 7.18. The van der Waals surface area contributed by atoms with Crippen LogP contribution in [0.1, 0.15) is 45.1 Å². The molecule has 1 heteroatoms. The topological polar surface area (TPSA) is 0 Å². The van der Waals surface area contributed by atoms with Crippen molar-refractivity contribution in [2.75, 3.05) is 0 Å². The fourth-order valence-electron chi connectivity index (χ4n) is 11.0. The van der Waals surface area contributed by atoms with Gasteiger partial charge in [0, 0.05) is 15.1 Å². The van der Waals surface area contributed by atoms with Crippen molar-refractivity contribution < 1.29 is 0 Å². The minimum Gasteiger partial charge on any atom is -0.118 e. The largest absolute Gasteiger partial charge is 0.118 e. The highest BCUT2D eigenvalue weighted by Crippen LogP contribution is 2.63. The Bertz CT molecular complexity index is 3240. The minimum absolute atomic E-state index is 0.168. The van der Waals surface area contributed by atoms with Crippen molar-refractivity contribution in [2.45, 2.75) is 54.6 Å². The lowest BCUT2D eigenvalue weighted by molar-refractivity contribution is 0.260. The Hall–Kier alpha value is -5.89. The van der Waals surface area contributed by atoms with E-state index in [1.54, 1.807) is 5.56 Å². The third kappa shape index (κ3) is 4.76. The molecule has 2 atom stereocenters. The van der Waals surface area contributed by atoms with Gasteiger partial charge in [0.05, 0.1) is 0 Å². The highest BCUT2D eigenvalue weighted by atomic mass is 32.2. The highest BCUT2D eigenvalue weighted by Gasteiger charge is 2.53. The molecular weight excluding hydrogens is 705 g/mol. The molecule has 0 N–H and O–H groups in total. The van der Waals surface area contributed by atoms with Gasteiger partial charge in [-0.05, 0) is 148 Å². The lowest BCUT2D eigenvalue weighted by Crippen LogP contribution is -2.43. The Morgan fingerprint density at radius 1 is 0.386 bits per heavy atom. The molecule has 0 amide bonds. The van der Waals surface area contributed by atoms with Crippen molar-refractivity contribution in [1.29, 1.82) is 0 Å². The molecule has 1 fully saturated rings. The Balaban J connectivity index is 1.23. The van der Waals surface area contributed by atoms with Crippen LogP contribution in [0.3, 0.4) is 0 Å². The summed E-state index contributed by atoms with van der Waals surface area (Å²) in [6.07, 6.45) is 5.18. The zero-order chi connectivity index (χ0) is 37.9. The van der Waals surface area contributed by atoms with E-state index in [4.69, 9.17) is 0 Å². The first-order valence-electron chi connectivity index (χ1n) is 20.6. The summed E-state index contributed by atoms with van der Waals surface area (Å²) in [5.74, 6) is 0. The van der Waals surface area contributed by atoms with E-state index in [1.165, 1.54) is 129 Å². The Labute approximate surface area is 338 Å². The summed E-state index contributed by atoms with van der Waals surface area (Å²) in [6.45, 7) is 5.09. The lowest BCUT2D eigenvalue weighted by atomic mass is 9.64. The van der Waals surface area contributed by atoms with Gasteiger partial charge in [0.15, 0.2) is 0 Å². The van der Waals surface area contributed by atoms with Crippen molar-refractivity contribution in [2.24, 2.45) is 0 Å². The van der Waals surface area contributed by atoms with Crippen LogP contribution >= 0.6 is 11.8 Å². The molecule has 0 spiro atoms. The molecule has 10 aromatic carbocycles. The summed E-state index contributed by atoms with van der Waals surface area (Å²) in [6, 6.07) is 64.5. The summed E-state index contributed by atoms with van der Waals surface area (Å²) >= 11 is 2.14. The number of benzene rings is 10. The second kappa shape index (κ2) is 12.3. The predicted octanol–water partition coefficient (Wildman–Crippen LogP) is 16.3. The highest BCUT2D eigenvalue weighted by molar-refractivity contribution is 8.01. The van der Waals surface area contributed by atoms with E-state index in [0.717, 1.165) is 0 Å². The summed E-state index contributed by atoms with van der Waals surface area (Å²) in [5.41, 5.74) is 12.0. The van der Waals surface area contributed by atoms with Gasteiger partial charge in [-0.3, -0.25) is 0 Å². The SMILES string of the molecule is CC12CCCCC1(C)c1cc(-c3cc(-c4cccc5ccccc45)c4ccc5c(-c6ccccc6)cc(-c6cccc7ccccc67)c6ccc3c4c56)ccc1S2. The molecule has 2 unspecified atom stereocenters. The van der Waals surface area contributed by atoms with E-state index in [0.29, 0.717) is 0 Å². The lowest BCUT2D eigenvalue weighted by Gasteiger charge is -2.45. The number of fused-ring (bicyclic) bond motifs is 5. The van der Waals surface area contributed by atoms with E-state index in [9.17, 15) is 0 Å². The molecule has 10 aromatic rings. The molecule has 2 aliphatic rings. The van der Waals surface area contributed by atoms with Crippen molar-refractivity contribution in [3.63, 3.8) is 0 Å². The van der Waals surface area contributed by atoms with E-state index in [2.05, 4.69) is 195 Å². The van der Waals surface area contributed by atoms with E-state index in [-0.39, 0.29) is 10.2 Å². The number of rotatable bonds is 4. The third-order valence-corrected chi connectivity index (χ3v) is 15.8. The maximum atomic E-state index is 2.59. The van der Waals surface area contributed by atoms with Gasteiger partial charge in [-0.25, -0.2) is 0 Å². The summed E-state index contributed by atoms with van der Waals surface area (Å²) < 4.78 is 0.245. The second-order valence-corrected chi connectivity index (χ2v) is 18.6. The van der Waals surface area contributed by atoms with Crippen molar-refractivity contribution in [3.05, 3.63) is 175 Å². The fraction of sp³-hybridized carbons (Fsp3) is 0.143. The van der Waals surface area contributed by atoms with E-state index >= 15 is 0 Å². The molecule has 1 aliphatic heterocycles. The summed E-state index contributed by atoms with van der Waals surface area (Å²) in [4.78, 5) is 1.48. The molecular formula is C56H42S. The first kappa shape index (κ1) is 33.3. The quantitative estimate of drug-likeness (QED) is 0.162. The molecule has 12 rings (SSSR count). The fourth-order valence-corrected chi connectivity index (χ4v) is 12.7. The first-order valence-corrected chi connectivity index (χ1v) is 21.4. The zero-order valence-corrected chi connectivity index (χ0v) is 33.2. The monoisotopic (exact) mass is 746 g/mol. The van der Waals surface area contributed by atoms with Crippen LogP contribution in [-0.4, -0.2) is 4.75 Å². The molecule has 0 bridgehead atoms. The van der Waals surface area contributed by atoms with Crippen LogP contribution in [0.4, 0.5) is 0 Å². The van der Waals surface area contributed by atoms with Crippen LogP contribution in [-0.2, 0) is 5.41 Å². The van der Waals surface area contributed by atoms with Crippen molar-refractivity contribution >= 4 is 65.6 Å². The molecule has 1 saturated carbocycles. The molecule has 0 aromatic heterocycles. The average Bonchev–Trinajstić information content (AvgIpc) is 3.50. The van der Waals surface area contributed by atoms with Crippen molar-refractivity contribution in [1.82, 2.24) is 0 Å². The Morgan fingerprint density at radius 3 is 1.51 bits per heavy atom. The smallest absolute Gasteiger partial charge is 0.0273 e. The zero-order valence-electron chi connectivity index (χ0n) is 32.4. The van der Waals surface area contributed by atoms with Gasteiger partial charge in [-0.1, -0.05) is 165 Å². The van der Waals surface area contributed by atoms with Crippen LogP contribution in [0, 0.1) is 0 Å². The number of thioether (sulfide) groups is 1. The summed E-state index contributed by atoms with van der Waals surface area (Å²) in [7, 11) is 0. The maximum Gasteiger partial charge on any atom is 0.0273 e. The molecule has 272 valence electrons. The first-order chi connectivity index (χ1) is 28.0. The molecule has 1 heterocycles. The Morgan fingerprint density at radius 2 is 0.895 bits per heavy atom. The second-order valence-electron chi connectivity index (χ2n) is 17.0. The molecule has 0 radical (unpaired) electrons. The van der Waals surface area contributed by atoms with Gasteiger partial charge >= 0.3 is 0 Å². The standard InChI is InChI=1S/C56H42S/c1-55-30-10-11-31-56(55,2)57-52-29-24-38(32-51(52)55)48-34-50(42-23-13-19-36-17-7-9-21-40(36)42)46-27-25-43-47(37-14-4-3-5-15-37)33-49(45-28-26-44(48)54(46)53(43)45)41-22-12-18-35-16-6-8-20-39(35)41/h3-9,12-29,32-34H,10-11,30-31H2,1-2H3. The van der Waals surface area contributed by atoms with Crippen LogP contribution in [0.2, 0.25) is 0 Å². The predicted molar refractivity (Wildman–Crippen MR) is 247 cm³/mol. The van der Waals surface area contributed by atoms with Gasteiger partial charge in [0.2, 0.25) is 0 Å². The molecule has 0 saturated heterocycles. The molecule has 57 heavy (non-hydrogen) atoms. The average molecular weight is 747 g/mol. The van der Waals surface area contributed by atoms with E-state index < -0.39 is 0 Å². The normalized spacial score (nSPS) is 19.2. The van der Waals surface area contributed by atoms with Crippen LogP contribution in [0.25, 0.3) is 98.4 Å². The van der Waals surface area contributed by atoms with E-state index in [1.807, 2.05) is 0 Å². The van der Waals surface area contributed by atoms with Crippen molar-refractivity contribution in [3.8, 4) is 44.5 Å². The summed E-state index contributed by atoms with van der Waals surface area (Å²) in [5, 5.41) is 13.0. The number of hydrogen-bond donors (Lipinski definition) is 0. The van der Waals surface area contributed by atoms with Gasteiger partial charge in [-0.15, -0.1) is 11.8 Å². The maximum absolute atomic E-state index is 2.59. The minimum atomic E-state index is 0.168. The van der Waals surface area contributed by atoms with Gasteiger partial charge in [0.25, 0.3) is 0 Å². The van der Waals surface area contributed by atoms with Gasteiger partial charge in [0.1, 0.15) is 0 Å². The van der Waals surface area contributed by atoms with Gasteiger partial charge in [-0.2, -0.15) is 0 Å². The van der Waals surface area contributed by atoms with Crippen LogP contribution in [0.5, 0.6) is 0 Å². The number of hydrogen-bond acceptors (Lipinski definition) is 1. The van der Waals surface area contributed by atoms with Crippen LogP contribution < -0.4 is 0 Å². The van der Waals surface area contributed by atoms with Crippen LogP contribution in [0.15, 0.2) is 175 Å².